The third-order valence-corrected chi connectivity index (χ3v) is 24.5. The lowest BCUT2D eigenvalue weighted by Crippen LogP contribution is -2.34. The lowest BCUT2D eigenvalue weighted by Gasteiger charge is -2.37. The van der Waals surface area contributed by atoms with Crippen molar-refractivity contribution < 1.29 is 0 Å². The van der Waals surface area contributed by atoms with Crippen LogP contribution in [0.4, 0.5) is 56.9 Å². The molecule has 0 saturated heterocycles. The third-order valence-electron chi connectivity index (χ3n) is 24.5. The third kappa shape index (κ3) is 29.3. The van der Waals surface area contributed by atoms with Gasteiger partial charge in [-0.3, -0.25) is 0 Å². The maximum atomic E-state index is 2.61. The van der Waals surface area contributed by atoms with Crippen LogP contribution in [-0.4, -0.2) is 32.7 Å². The molecular formula is C118H167N5. The van der Waals surface area contributed by atoms with Gasteiger partial charge in [0.15, 0.2) is 0 Å². The Morgan fingerprint density at radius 2 is 0.618 bits per heavy atom. The molecule has 0 unspecified atom stereocenters. The summed E-state index contributed by atoms with van der Waals surface area (Å²) in [5.74, 6) is 3.60. The quantitative estimate of drug-likeness (QED) is 0.0453. The summed E-state index contributed by atoms with van der Waals surface area (Å²) in [6.45, 7) is 49.5. The Labute approximate surface area is 754 Å². The fourth-order valence-electron chi connectivity index (χ4n) is 16.9. The van der Waals surface area contributed by atoms with Gasteiger partial charge < -0.3 is 24.5 Å². The molecule has 5 heteroatoms. The van der Waals surface area contributed by atoms with Crippen molar-refractivity contribution in [2.75, 3.05) is 57.2 Å². The first-order chi connectivity index (χ1) is 56.9. The summed E-state index contributed by atoms with van der Waals surface area (Å²) in [6.07, 6.45) is 19.3. The Hall–Kier alpha value is -9.58. The predicted octanol–water partition coefficient (Wildman–Crippen LogP) is 36.2. The topological polar surface area (TPSA) is 16.2 Å². The zero-order valence-electron chi connectivity index (χ0n) is 76.2. The van der Waals surface area contributed by atoms with Crippen molar-refractivity contribution in [3.05, 3.63) is 323 Å². The molecule has 0 spiro atoms. The monoisotopic (exact) mass is 1650 g/mol. The Balaban J connectivity index is 0.000000279. The van der Waals surface area contributed by atoms with Crippen molar-refractivity contribution in [2.24, 2.45) is 5.92 Å². The highest BCUT2D eigenvalue weighted by Gasteiger charge is 2.27. The van der Waals surface area contributed by atoms with E-state index in [1.165, 1.54) is 207 Å². The van der Waals surface area contributed by atoms with Gasteiger partial charge in [0.2, 0.25) is 0 Å². The second kappa shape index (κ2) is 51.0. The average molecular weight is 1660 g/mol. The summed E-state index contributed by atoms with van der Waals surface area (Å²) in [4.78, 5) is 12.3. The van der Waals surface area contributed by atoms with Gasteiger partial charge in [0, 0.05) is 89.6 Å². The molecule has 0 bridgehead atoms. The van der Waals surface area contributed by atoms with Crippen LogP contribution in [0.25, 0.3) is 11.1 Å². The second-order valence-corrected chi connectivity index (χ2v) is 36.9. The van der Waals surface area contributed by atoms with E-state index < -0.39 is 0 Å². The largest absolute Gasteiger partial charge is 0.371 e. The molecule has 3 aliphatic rings. The summed E-state index contributed by atoms with van der Waals surface area (Å²) in [5, 5.41) is 0. The average Bonchev–Trinajstić information content (AvgIpc) is 0.768. The van der Waals surface area contributed by atoms with Crippen molar-refractivity contribution in [1.29, 1.82) is 0 Å². The SMILES string of the molecule is C.C.C.C.C.CC(C)CN(c1ccccc1)c1ccc(C(C)C)cc1.CC(C)c1cc2c3c(c1)CCCN3CCC2.CC(C)c1ccc(-c2ccc(N(c3ccccc3)c3ccccc3)cc2)cc1.CCCCC(C)(C)c1ccc(N(c2ccc(C(C)C)cc2)c2ccc(C(C)(C)CCCC)cc2)cc1.CCCCCN1CCCc2cc(C(C)C)ccc21. The van der Waals surface area contributed by atoms with Crippen LogP contribution in [0.3, 0.4) is 0 Å². The van der Waals surface area contributed by atoms with Gasteiger partial charge in [-0.25, -0.2) is 0 Å². The maximum absolute atomic E-state index is 2.61. The molecule has 14 rings (SSSR count). The van der Waals surface area contributed by atoms with E-state index in [1.807, 2.05) is 0 Å². The van der Waals surface area contributed by atoms with Crippen LogP contribution in [-0.2, 0) is 30.1 Å². The van der Waals surface area contributed by atoms with Crippen LogP contribution in [0.2, 0.25) is 0 Å². The van der Waals surface area contributed by atoms with Gasteiger partial charge in [0.1, 0.15) is 0 Å². The van der Waals surface area contributed by atoms with Crippen LogP contribution in [0.5, 0.6) is 0 Å². The number of benzene rings is 11. The summed E-state index contributed by atoms with van der Waals surface area (Å²) >= 11 is 0. The summed E-state index contributed by atoms with van der Waals surface area (Å²) in [5.41, 5.74) is 30.4. The van der Waals surface area contributed by atoms with Crippen LogP contribution in [0, 0.1) is 5.92 Å². The molecule has 123 heavy (non-hydrogen) atoms. The number of anilines is 10. The summed E-state index contributed by atoms with van der Waals surface area (Å²) < 4.78 is 0. The number of nitrogens with zero attached hydrogens (tertiary/aromatic N) is 5. The second-order valence-electron chi connectivity index (χ2n) is 36.9. The van der Waals surface area contributed by atoms with E-state index in [-0.39, 0.29) is 48.0 Å². The normalized spacial score (nSPS) is 12.5. The molecule has 0 amide bonds. The van der Waals surface area contributed by atoms with Gasteiger partial charge in [0.05, 0.1) is 0 Å². The Bertz CT molecular complexity index is 4570. The fraction of sp³-hybridized carbons (Fsp3) is 0.441. The van der Waals surface area contributed by atoms with E-state index in [0.717, 1.165) is 23.6 Å². The standard InChI is InChI=1S/C35H49N.C27H25N.C19H25N.C17H27N.C15H21N.5CH4/c1-9-11-25-34(5,6)29-15-21-32(22-16-29)36(31-19-13-28(14-20-31)27(3)4)33-23-17-30(18-24-33)35(7,8)26-12-10-2;1-21(2)22-13-15-23(16-14-22)24-17-19-27(20-18-24)28(25-9-5-3-6-10-25)26-11-7-4-8-12-26;1-15(2)14-20(18-8-6-5-7-9-18)19-12-10-17(11-13-19)16(3)4;1-4-5-6-11-18-12-7-8-16-13-15(14(2)3)9-10-17(16)18;1-11(2)14-9-12-5-3-7-16-8-4-6-13(10-14)15(12)16;;;;;/h13-24,27H,9-12,25-26H2,1-8H3;3-21H,1-2H3;5-13,15-16H,14H2,1-4H3;9-10,13-14H,4-8,11-12H2,1-3H3;9-11H,3-8H2,1-2H3;5*1H4. The summed E-state index contributed by atoms with van der Waals surface area (Å²) in [7, 11) is 0. The van der Waals surface area contributed by atoms with Crippen molar-refractivity contribution in [3.8, 4) is 11.1 Å². The molecule has 3 aliphatic heterocycles. The van der Waals surface area contributed by atoms with Gasteiger partial charge in [-0.1, -0.05) is 371 Å². The summed E-state index contributed by atoms with van der Waals surface area (Å²) in [6, 6.07) is 98.0. The number of hydrogen-bond donors (Lipinski definition) is 0. The lowest BCUT2D eigenvalue weighted by atomic mass is 9.80. The van der Waals surface area contributed by atoms with E-state index in [4.69, 9.17) is 0 Å². The molecule has 5 nitrogen and oxygen atoms in total. The Morgan fingerprint density at radius 3 is 1.00 bits per heavy atom. The van der Waals surface area contributed by atoms with Gasteiger partial charge in [-0.2, -0.15) is 0 Å². The van der Waals surface area contributed by atoms with Crippen LogP contribution in [0.1, 0.15) is 331 Å². The predicted molar refractivity (Wildman–Crippen MR) is 553 cm³/mol. The molecule has 0 N–H and O–H groups in total. The number of fused-ring (bicyclic) bond motifs is 1. The van der Waals surface area contributed by atoms with Crippen LogP contribution < -0.4 is 24.5 Å². The molecule has 0 aromatic heterocycles. The zero-order chi connectivity index (χ0) is 84.3. The number of rotatable bonds is 28. The number of unbranched alkanes of at least 4 members (excludes halogenated alkanes) is 4. The number of hydrogen-bond acceptors (Lipinski definition) is 5. The molecule has 0 fully saturated rings. The highest BCUT2D eigenvalue weighted by Crippen LogP contribution is 2.43. The van der Waals surface area contributed by atoms with Crippen LogP contribution >= 0.6 is 0 Å². The first-order valence-corrected chi connectivity index (χ1v) is 45.8. The number of para-hydroxylation sites is 3. The van der Waals surface area contributed by atoms with Crippen molar-refractivity contribution >= 4 is 56.9 Å². The van der Waals surface area contributed by atoms with Gasteiger partial charge in [0.25, 0.3) is 0 Å². The van der Waals surface area contributed by atoms with Gasteiger partial charge in [-0.15, -0.1) is 0 Å². The van der Waals surface area contributed by atoms with Crippen molar-refractivity contribution in [1.82, 2.24) is 0 Å². The lowest BCUT2D eigenvalue weighted by molar-refractivity contribution is 0.458. The molecule has 0 radical (unpaired) electrons. The molecule has 0 aliphatic carbocycles. The Kier molecular flexibility index (Phi) is 43.1. The van der Waals surface area contributed by atoms with Gasteiger partial charge >= 0.3 is 0 Å². The molecule has 0 atom stereocenters. The first kappa shape index (κ1) is 104. The fourth-order valence-corrected chi connectivity index (χ4v) is 16.9. The van der Waals surface area contributed by atoms with E-state index in [0.29, 0.717) is 35.5 Å². The van der Waals surface area contributed by atoms with Crippen molar-refractivity contribution in [2.45, 2.75) is 305 Å². The zero-order valence-corrected chi connectivity index (χ0v) is 76.2. The van der Waals surface area contributed by atoms with Crippen molar-refractivity contribution in [3.63, 3.8) is 0 Å². The van der Waals surface area contributed by atoms with Gasteiger partial charge in [-0.05, 0) is 274 Å². The smallest absolute Gasteiger partial charge is 0.0462 e. The minimum Gasteiger partial charge on any atom is -0.371 e. The molecule has 11 aromatic rings. The maximum Gasteiger partial charge on any atom is 0.0462 e. The number of aryl methyl sites for hydroxylation is 3. The Morgan fingerprint density at radius 1 is 0.309 bits per heavy atom. The minimum absolute atomic E-state index is 0. The molecule has 0 saturated carbocycles. The van der Waals surface area contributed by atoms with E-state index in [1.54, 1.807) is 22.4 Å². The highest BCUT2D eigenvalue weighted by molar-refractivity contribution is 5.80. The highest BCUT2D eigenvalue weighted by atomic mass is 15.2. The molecular weight excluding hydrogens is 1490 g/mol. The minimum atomic E-state index is 0. The van der Waals surface area contributed by atoms with E-state index >= 15 is 0 Å². The molecule has 3 heterocycles. The van der Waals surface area contributed by atoms with E-state index in [9.17, 15) is 0 Å². The molecule has 11 aromatic carbocycles. The van der Waals surface area contributed by atoms with E-state index in [2.05, 4.69) is 423 Å². The first-order valence-electron chi connectivity index (χ1n) is 45.8. The molecule has 664 valence electrons. The van der Waals surface area contributed by atoms with Crippen LogP contribution in [0.15, 0.2) is 267 Å².